The van der Waals surface area contributed by atoms with Crippen LogP contribution in [0.5, 0.6) is 0 Å². The standard InChI is InChI=1S/C14H21N3O2/c1-11(2)15-14(19)16-13(18)10-17(3)9-12-7-5-4-6-8-12/h4-8,11H,9-10H2,1-3H3,(H2,15,16,18,19)/p+1. The van der Waals surface area contributed by atoms with Crippen LogP contribution in [0.3, 0.4) is 0 Å². The predicted molar refractivity (Wildman–Crippen MR) is 73.7 cm³/mol. The molecule has 3 N–H and O–H groups in total. The molecule has 0 aliphatic heterocycles. The van der Waals surface area contributed by atoms with Crippen LogP contribution in [0.2, 0.25) is 0 Å². The van der Waals surface area contributed by atoms with Crippen molar-refractivity contribution in [3.8, 4) is 0 Å². The Bertz CT molecular complexity index is 418. The van der Waals surface area contributed by atoms with Crippen molar-refractivity contribution in [2.45, 2.75) is 26.4 Å². The number of hydrogen-bond acceptors (Lipinski definition) is 2. The first-order valence-corrected chi connectivity index (χ1v) is 6.43. The average Bonchev–Trinajstić information content (AvgIpc) is 2.28. The molecule has 104 valence electrons. The van der Waals surface area contributed by atoms with Crippen LogP contribution in [0.4, 0.5) is 4.79 Å². The zero-order valence-corrected chi connectivity index (χ0v) is 11.7. The van der Waals surface area contributed by atoms with Crippen molar-refractivity contribution in [1.82, 2.24) is 10.6 Å². The molecular formula is C14H22N3O2+. The quantitative estimate of drug-likeness (QED) is 0.697. The van der Waals surface area contributed by atoms with Gasteiger partial charge in [-0.05, 0) is 13.8 Å². The van der Waals surface area contributed by atoms with Crippen molar-refractivity contribution < 1.29 is 14.5 Å². The zero-order chi connectivity index (χ0) is 14.3. The van der Waals surface area contributed by atoms with E-state index >= 15 is 0 Å². The van der Waals surface area contributed by atoms with Crippen LogP contribution in [-0.2, 0) is 11.3 Å². The lowest BCUT2D eigenvalue weighted by molar-refractivity contribution is -0.885. The lowest BCUT2D eigenvalue weighted by atomic mass is 10.2. The number of carbonyl (C=O) groups excluding carboxylic acids is 2. The van der Waals surface area contributed by atoms with E-state index < -0.39 is 6.03 Å². The Kier molecular flexibility index (Phi) is 6.02. The van der Waals surface area contributed by atoms with E-state index in [1.165, 1.54) is 5.56 Å². The summed E-state index contributed by atoms with van der Waals surface area (Å²) in [6.45, 7) is 4.70. The maximum absolute atomic E-state index is 11.6. The first-order valence-electron chi connectivity index (χ1n) is 6.43. The maximum atomic E-state index is 11.6. The molecule has 0 aliphatic carbocycles. The Morgan fingerprint density at radius 1 is 1.21 bits per heavy atom. The molecular weight excluding hydrogens is 242 g/mol. The Morgan fingerprint density at radius 3 is 2.42 bits per heavy atom. The highest BCUT2D eigenvalue weighted by Gasteiger charge is 2.13. The first kappa shape index (κ1) is 15.2. The number of urea groups is 1. The number of quaternary nitrogens is 1. The van der Waals surface area contributed by atoms with E-state index in [-0.39, 0.29) is 18.5 Å². The van der Waals surface area contributed by atoms with Gasteiger partial charge in [-0.15, -0.1) is 0 Å². The Labute approximate surface area is 114 Å². The van der Waals surface area contributed by atoms with Crippen LogP contribution in [0.25, 0.3) is 0 Å². The molecule has 0 aromatic heterocycles. The monoisotopic (exact) mass is 264 g/mol. The average molecular weight is 264 g/mol. The number of carbonyl (C=O) groups is 2. The fourth-order valence-electron chi connectivity index (χ4n) is 1.75. The minimum absolute atomic E-state index is 0.0159. The van der Waals surface area contributed by atoms with Gasteiger partial charge in [0.25, 0.3) is 5.91 Å². The van der Waals surface area contributed by atoms with E-state index in [2.05, 4.69) is 10.6 Å². The Hall–Kier alpha value is -1.88. The fourth-order valence-corrected chi connectivity index (χ4v) is 1.75. The van der Waals surface area contributed by atoms with Gasteiger partial charge in [0.1, 0.15) is 6.54 Å². The molecule has 0 spiro atoms. The van der Waals surface area contributed by atoms with Crippen LogP contribution in [0, 0.1) is 0 Å². The summed E-state index contributed by atoms with van der Waals surface area (Å²) >= 11 is 0. The number of nitrogens with one attached hydrogen (secondary N) is 3. The molecule has 5 nitrogen and oxygen atoms in total. The molecule has 0 saturated heterocycles. The van der Waals surface area contributed by atoms with Crippen molar-refractivity contribution in [1.29, 1.82) is 0 Å². The number of imide groups is 1. The summed E-state index contributed by atoms with van der Waals surface area (Å²) in [6, 6.07) is 9.52. The molecule has 1 aromatic carbocycles. The lowest BCUT2D eigenvalue weighted by Crippen LogP contribution is -3.09. The molecule has 0 bridgehead atoms. The summed E-state index contributed by atoms with van der Waals surface area (Å²) in [5.74, 6) is -0.272. The number of amides is 3. The van der Waals surface area contributed by atoms with Gasteiger partial charge in [0.05, 0.1) is 7.05 Å². The summed E-state index contributed by atoms with van der Waals surface area (Å²) in [4.78, 5) is 24.0. The van der Waals surface area contributed by atoms with E-state index in [0.29, 0.717) is 0 Å². The van der Waals surface area contributed by atoms with E-state index in [0.717, 1.165) is 11.4 Å². The Balaban J connectivity index is 2.34. The van der Waals surface area contributed by atoms with Crippen LogP contribution < -0.4 is 15.5 Å². The largest absolute Gasteiger partial charge is 0.336 e. The molecule has 0 radical (unpaired) electrons. The molecule has 1 atom stereocenters. The van der Waals surface area contributed by atoms with Crippen molar-refractivity contribution in [3.63, 3.8) is 0 Å². The molecule has 3 amide bonds. The first-order chi connectivity index (χ1) is 8.97. The maximum Gasteiger partial charge on any atom is 0.321 e. The molecule has 19 heavy (non-hydrogen) atoms. The molecule has 1 aromatic rings. The number of likely N-dealkylation sites (N-methyl/N-ethyl adjacent to an activating group) is 1. The molecule has 0 aliphatic rings. The van der Waals surface area contributed by atoms with Gasteiger partial charge in [-0.25, -0.2) is 4.79 Å². The van der Waals surface area contributed by atoms with Crippen molar-refractivity contribution in [2.75, 3.05) is 13.6 Å². The van der Waals surface area contributed by atoms with Crippen LogP contribution >= 0.6 is 0 Å². The highest BCUT2D eigenvalue weighted by Crippen LogP contribution is 1.94. The minimum Gasteiger partial charge on any atom is -0.336 e. The highest BCUT2D eigenvalue weighted by molar-refractivity contribution is 5.94. The highest BCUT2D eigenvalue weighted by atomic mass is 16.2. The predicted octanol–water partition coefficient (Wildman–Crippen LogP) is -0.0645. The third kappa shape index (κ3) is 6.57. The zero-order valence-electron chi connectivity index (χ0n) is 11.7. The van der Waals surface area contributed by atoms with Crippen LogP contribution in [0.15, 0.2) is 30.3 Å². The second-order valence-corrected chi connectivity index (χ2v) is 4.97. The Morgan fingerprint density at radius 2 is 1.84 bits per heavy atom. The van der Waals surface area contributed by atoms with E-state index in [4.69, 9.17) is 0 Å². The molecule has 0 saturated carbocycles. The van der Waals surface area contributed by atoms with Gasteiger partial charge in [-0.3, -0.25) is 10.1 Å². The summed E-state index contributed by atoms with van der Waals surface area (Å²) in [5, 5.41) is 4.93. The van der Waals surface area contributed by atoms with Gasteiger partial charge in [0.15, 0.2) is 6.54 Å². The molecule has 1 rings (SSSR count). The van der Waals surface area contributed by atoms with Gasteiger partial charge < -0.3 is 10.2 Å². The topological polar surface area (TPSA) is 62.6 Å². The van der Waals surface area contributed by atoms with Crippen LogP contribution in [-0.4, -0.2) is 31.6 Å². The van der Waals surface area contributed by atoms with E-state index in [9.17, 15) is 9.59 Å². The molecule has 0 heterocycles. The molecule has 5 heteroatoms. The van der Waals surface area contributed by atoms with Gasteiger partial charge in [0.2, 0.25) is 0 Å². The van der Waals surface area contributed by atoms with E-state index in [1.807, 2.05) is 51.2 Å². The summed E-state index contributed by atoms with van der Waals surface area (Å²) in [6.07, 6.45) is 0. The van der Waals surface area contributed by atoms with Gasteiger partial charge >= 0.3 is 6.03 Å². The molecule has 1 unspecified atom stereocenters. The lowest BCUT2D eigenvalue weighted by Gasteiger charge is -2.14. The van der Waals surface area contributed by atoms with Gasteiger partial charge in [0, 0.05) is 11.6 Å². The van der Waals surface area contributed by atoms with Crippen molar-refractivity contribution in [3.05, 3.63) is 35.9 Å². The van der Waals surface area contributed by atoms with Crippen molar-refractivity contribution >= 4 is 11.9 Å². The SMILES string of the molecule is CC(C)NC(=O)NC(=O)C[NH+](C)Cc1ccccc1. The third-order valence-corrected chi connectivity index (χ3v) is 2.48. The van der Waals surface area contributed by atoms with Gasteiger partial charge in [-0.1, -0.05) is 30.3 Å². The smallest absolute Gasteiger partial charge is 0.321 e. The number of hydrogen-bond donors (Lipinski definition) is 3. The van der Waals surface area contributed by atoms with Crippen molar-refractivity contribution in [2.24, 2.45) is 0 Å². The fraction of sp³-hybridized carbons (Fsp3) is 0.429. The number of rotatable bonds is 5. The number of benzene rings is 1. The summed E-state index contributed by atoms with van der Waals surface area (Å²) in [5.41, 5.74) is 1.17. The third-order valence-electron chi connectivity index (χ3n) is 2.48. The van der Waals surface area contributed by atoms with E-state index in [1.54, 1.807) is 0 Å². The summed E-state index contributed by atoms with van der Waals surface area (Å²) < 4.78 is 0. The summed E-state index contributed by atoms with van der Waals surface area (Å²) in [7, 11) is 1.92. The normalized spacial score (nSPS) is 12.0. The van der Waals surface area contributed by atoms with Crippen LogP contribution in [0.1, 0.15) is 19.4 Å². The molecule has 0 fully saturated rings. The van der Waals surface area contributed by atoms with Gasteiger partial charge in [-0.2, -0.15) is 0 Å². The second-order valence-electron chi connectivity index (χ2n) is 4.97. The second kappa shape index (κ2) is 7.53. The minimum atomic E-state index is -0.437.